The molecule has 0 bridgehead atoms. The summed E-state index contributed by atoms with van der Waals surface area (Å²) in [4.78, 5) is 2.73. The maximum Gasteiger partial charge on any atom is 0.333 e. The summed E-state index contributed by atoms with van der Waals surface area (Å²) in [7, 11) is 0. The maximum atomic E-state index is 2.75. The van der Waals surface area contributed by atoms with E-state index in [4.69, 9.17) is 0 Å². The van der Waals surface area contributed by atoms with E-state index in [1.54, 1.807) is 0 Å². The minimum Gasteiger partial charge on any atom is -0.375 e. The summed E-state index contributed by atoms with van der Waals surface area (Å²) in [5.41, 5.74) is 15.8. The summed E-state index contributed by atoms with van der Waals surface area (Å²) in [6.45, 7) is 21.1. The summed E-state index contributed by atoms with van der Waals surface area (Å²) in [6.07, 6.45) is 0. The molecule has 0 radical (unpaired) electrons. The number of rotatable bonds is 1. The normalized spacial score (nSPS) is 14.2. The van der Waals surface area contributed by atoms with E-state index in [1.165, 1.54) is 142 Å². The standard InChI is InChI=1S/C62H51BN2/c1-60(2,3)39-28-36-23-25-45-54-48(27-24-37(29-39)52(36)54)59-57-55(45)47-18-13-17-44-43-16-10-11-19-49(43)65(58(44)47)63(57)56-46-26-22-35-15-12-14-34-20-21-38(53(46)51(34)35)30-50(56)64(59)42-32-40(61(4,5)6)31-41(33-42)62(7,8)9/h10-33H,1-9H3. The van der Waals surface area contributed by atoms with Crippen LogP contribution >= 0.6 is 0 Å². The van der Waals surface area contributed by atoms with Crippen LogP contribution in [-0.2, 0) is 16.2 Å². The van der Waals surface area contributed by atoms with Crippen molar-refractivity contribution in [2.24, 2.45) is 0 Å². The van der Waals surface area contributed by atoms with Crippen molar-refractivity contribution in [3.8, 4) is 11.1 Å². The molecule has 2 nitrogen and oxygen atoms in total. The summed E-state index contributed by atoms with van der Waals surface area (Å²) in [5.74, 6) is 0. The predicted molar refractivity (Wildman–Crippen MR) is 283 cm³/mol. The van der Waals surface area contributed by atoms with E-state index >= 15 is 0 Å². The van der Waals surface area contributed by atoms with Crippen molar-refractivity contribution in [3.05, 3.63) is 162 Å². The number of hydrogen-bond donors (Lipinski definition) is 0. The topological polar surface area (TPSA) is 8.17 Å². The average molecular weight is 835 g/mol. The zero-order chi connectivity index (χ0) is 44.2. The predicted octanol–water partition coefficient (Wildman–Crippen LogP) is 15.9. The molecule has 3 heteroatoms. The van der Waals surface area contributed by atoms with Gasteiger partial charge in [0.05, 0.1) is 5.69 Å². The Labute approximate surface area is 380 Å². The molecule has 0 aliphatic carbocycles. The van der Waals surface area contributed by atoms with Crippen molar-refractivity contribution < 1.29 is 0 Å². The SMILES string of the molecule is CC(C)(C)c1cc(N2c3cc4ccc5cccc6ccc(c3B3c7c(c8ccc9cc(C(C)(C)C)cc%10ccc(c72)c8c9%10)-c2cccc7c8ccccc8n3c27)c4c56)cc(C(C)(C)C)c1. The molecule has 2 aliphatic rings. The van der Waals surface area contributed by atoms with E-state index in [0.29, 0.717) is 0 Å². The Morgan fingerprint density at radius 1 is 0.400 bits per heavy atom. The number of fused-ring (bicyclic) bond motifs is 10. The van der Waals surface area contributed by atoms with Crippen LogP contribution in [0.1, 0.15) is 79.0 Å². The van der Waals surface area contributed by atoms with Gasteiger partial charge in [-0.1, -0.05) is 184 Å². The monoisotopic (exact) mass is 834 g/mol. The van der Waals surface area contributed by atoms with Crippen LogP contribution in [0.5, 0.6) is 0 Å². The molecule has 14 rings (SSSR count). The van der Waals surface area contributed by atoms with E-state index < -0.39 is 0 Å². The van der Waals surface area contributed by atoms with E-state index in [9.17, 15) is 0 Å². The Hall–Kier alpha value is -6.84. The van der Waals surface area contributed by atoms with Crippen molar-refractivity contribution in [1.82, 2.24) is 4.48 Å². The first-order valence-corrected chi connectivity index (χ1v) is 23.6. The molecular formula is C62H51BN2. The highest BCUT2D eigenvalue weighted by molar-refractivity contribution is 6.92. The number of para-hydroxylation sites is 2. The molecule has 0 spiro atoms. The fraction of sp³-hybridized carbons (Fsp3) is 0.194. The van der Waals surface area contributed by atoms with Gasteiger partial charge < -0.3 is 9.38 Å². The summed E-state index contributed by atoms with van der Waals surface area (Å²) < 4.78 is 2.75. The second kappa shape index (κ2) is 12.1. The van der Waals surface area contributed by atoms with Crippen LogP contribution in [0.2, 0.25) is 0 Å². The van der Waals surface area contributed by atoms with Gasteiger partial charge in [-0.25, -0.2) is 0 Å². The Morgan fingerprint density at radius 2 is 0.954 bits per heavy atom. The second-order valence-corrected chi connectivity index (χ2v) is 22.5. The quantitative estimate of drug-likeness (QED) is 0.118. The van der Waals surface area contributed by atoms with Crippen LogP contribution in [-0.4, -0.2) is 11.3 Å². The van der Waals surface area contributed by atoms with Gasteiger partial charge in [0.15, 0.2) is 0 Å². The molecule has 0 fully saturated rings. The van der Waals surface area contributed by atoms with Crippen molar-refractivity contribution in [2.45, 2.75) is 78.6 Å². The molecule has 65 heavy (non-hydrogen) atoms. The first-order valence-electron chi connectivity index (χ1n) is 23.6. The fourth-order valence-corrected chi connectivity index (χ4v) is 12.4. The Morgan fingerprint density at radius 3 is 1.66 bits per heavy atom. The van der Waals surface area contributed by atoms with Gasteiger partial charge in [-0.15, -0.1) is 0 Å². The van der Waals surface area contributed by atoms with Crippen LogP contribution in [0.3, 0.4) is 0 Å². The Bertz CT molecular complexity index is 4000. The molecule has 2 aliphatic heterocycles. The molecule has 3 heterocycles. The number of benzene rings is 11. The van der Waals surface area contributed by atoms with Gasteiger partial charge in [0.25, 0.3) is 0 Å². The third-order valence-electron chi connectivity index (χ3n) is 15.6. The molecule has 0 atom stereocenters. The lowest BCUT2D eigenvalue weighted by molar-refractivity contribution is 0.569. The molecular weight excluding hydrogens is 784 g/mol. The highest BCUT2D eigenvalue weighted by atomic mass is 15.2. The van der Waals surface area contributed by atoms with Crippen molar-refractivity contribution in [2.75, 3.05) is 4.90 Å². The van der Waals surface area contributed by atoms with Crippen LogP contribution in [0.15, 0.2) is 146 Å². The van der Waals surface area contributed by atoms with E-state index in [1.807, 2.05) is 0 Å². The third kappa shape index (κ3) is 4.81. The van der Waals surface area contributed by atoms with Gasteiger partial charge in [-0.05, 0) is 128 Å². The van der Waals surface area contributed by atoms with Gasteiger partial charge in [0.2, 0.25) is 0 Å². The summed E-state index contributed by atoms with van der Waals surface area (Å²) in [6, 6.07) is 57.4. The number of aromatic nitrogens is 1. The highest BCUT2D eigenvalue weighted by Crippen LogP contribution is 2.54. The zero-order valence-corrected chi connectivity index (χ0v) is 38.8. The molecule has 0 N–H and O–H groups in total. The largest absolute Gasteiger partial charge is 0.375 e. The first-order chi connectivity index (χ1) is 31.1. The molecule has 0 saturated heterocycles. The minimum atomic E-state index is -0.0876. The van der Waals surface area contributed by atoms with Gasteiger partial charge in [0.1, 0.15) is 0 Å². The minimum absolute atomic E-state index is 0.0266. The van der Waals surface area contributed by atoms with Crippen molar-refractivity contribution >= 4 is 121 Å². The molecule has 0 unspecified atom stereocenters. The molecule has 0 amide bonds. The smallest absolute Gasteiger partial charge is 0.333 e. The van der Waals surface area contributed by atoms with Crippen LogP contribution in [0.4, 0.5) is 17.1 Å². The molecule has 12 aromatic rings. The molecule has 0 saturated carbocycles. The maximum absolute atomic E-state index is 2.75. The average Bonchev–Trinajstić information content (AvgIpc) is 3.62. The van der Waals surface area contributed by atoms with E-state index in [-0.39, 0.29) is 23.1 Å². The van der Waals surface area contributed by atoms with E-state index in [2.05, 4.69) is 217 Å². The van der Waals surface area contributed by atoms with Gasteiger partial charge in [0, 0.05) is 49.5 Å². The number of nitrogens with zero attached hydrogens (tertiary/aromatic N) is 2. The van der Waals surface area contributed by atoms with Crippen LogP contribution in [0.25, 0.3) is 97.6 Å². The van der Waals surface area contributed by atoms with Crippen LogP contribution < -0.4 is 15.8 Å². The lowest BCUT2D eigenvalue weighted by Gasteiger charge is -2.43. The zero-order valence-electron chi connectivity index (χ0n) is 38.8. The number of anilines is 3. The lowest BCUT2D eigenvalue weighted by atomic mass is 9.43. The molecule has 1 aromatic heterocycles. The summed E-state index contributed by atoms with van der Waals surface area (Å²) >= 11 is 0. The summed E-state index contributed by atoms with van der Waals surface area (Å²) in [5, 5.41) is 18.6. The Balaban J connectivity index is 1.26. The lowest BCUT2D eigenvalue weighted by Crippen LogP contribution is -2.57. The highest BCUT2D eigenvalue weighted by Gasteiger charge is 2.46. The van der Waals surface area contributed by atoms with Gasteiger partial charge in [-0.2, -0.15) is 0 Å². The molecule has 11 aromatic carbocycles. The van der Waals surface area contributed by atoms with Gasteiger partial charge in [-0.3, -0.25) is 0 Å². The second-order valence-electron chi connectivity index (χ2n) is 22.5. The van der Waals surface area contributed by atoms with Crippen molar-refractivity contribution in [1.29, 1.82) is 0 Å². The number of hydrogen-bond acceptors (Lipinski definition) is 1. The Kier molecular flexibility index (Phi) is 6.98. The first kappa shape index (κ1) is 37.5. The van der Waals surface area contributed by atoms with Crippen LogP contribution in [0, 0.1) is 0 Å². The van der Waals surface area contributed by atoms with E-state index in [0.717, 1.165) is 0 Å². The molecule has 312 valence electrons. The third-order valence-corrected chi connectivity index (χ3v) is 15.6. The fourth-order valence-electron chi connectivity index (χ4n) is 12.4. The van der Waals surface area contributed by atoms with Gasteiger partial charge >= 0.3 is 6.85 Å². The van der Waals surface area contributed by atoms with Crippen molar-refractivity contribution in [3.63, 3.8) is 0 Å².